The number of hydrogen-bond acceptors (Lipinski definition) is 3. The van der Waals surface area contributed by atoms with Crippen molar-refractivity contribution in [3.63, 3.8) is 0 Å². The van der Waals surface area contributed by atoms with Gasteiger partial charge in [-0.05, 0) is 116 Å². The number of phenols is 1. The van der Waals surface area contributed by atoms with Gasteiger partial charge in [0.1, 0.15) is 11.6 Å². The minimum Gasteiger partial charge on any atom is -0.507 e. The van der Waals surface area contributed by atoms with Crippen LogP contribution in [0.5, 0.6) is 5.75 Å². The molecule has 0 aliphatic heterocycles. The van der Waals surface area contributed by atoms with Crippen molar-refractivity contribution in [1.82, 2.24) is 19.1 Å². The molecule has 3 heterocycles. The van der Waals surface area contributed by atoms with Crippen molar-refractivity contribution in [3.05, 3.63) is 186 Å². The standard InChI is InChI=1S/C62H59N4O.Pt/c1-38-19-18-20-39(2)57(38)65-52-27-25-43(50-34-42(31-32-63-50)40-21-14-12-15-22-40)33-47(52)55-53(65)29-30-54-56(55)64-59(48-36-45(61(6,7)8)37-49(58(48)67)62(9,10)11)66(54)51-28-26-44(60(3,4)5)35-46(51)41-23-16-13-17-24-41;/h12-32,34-37,67H,1-11H3;/q-1;. The Balaban J connectivity index is 0.00000578. The third-order valence-corrected chi connectivity index (χ3v) is 13.5. The van der Waals surface area contributed by atoms with Crippen molar-refractivity contribution in [2.45, 2.75) is 92.4 Å². The Kier molecular flexibility index (Phi) is 11.8. The van der Waals surface area contributed by atoms with Gasteiger partial charge in [0, 0.05) is 55.3 Å². The number of imidazole rings is 1. The van der Waals surface area contributed by atoms with Crippen LogP contribution in [0.1, 0.15) is 90.1 Å². The van der Waals surface area contributed by atoms with Crippen molar-refractivity contribution >= 4 is 32.8 Å². The van der Waals surface area contributed by atoms with Crippen LogP contribution in [-0.2, 0) is 37.3 Å². The Bertz CT molecular complexity index is 3520. The Morgan fingerprint density at radius 2 is 1.15 bits per heavy atom. The largest absolute Gasteiger partial charge is 0.507 e. The number of aryl methyl sites for hydroxylation is 2. The van der Waals surface area contributed by atoms with E-state index in [1.165, 1.54) is 16.7 Å². The molecule has 6 heteroatoms. The molecule has 0 aliphatic rings. The van der Waals surface area contributed by atoms with Crippen LogP contribution in [0.25, 0.3) is 89.1 Å². The van der Waals surface area contributed by atoms with E-state index in [2.05, 4.69) is 231 Å². The van der Waals surface area contributed by atoms with E-state index >= 15 is 0 Å². The fourth-order valence-corrected chi connectivity index (χ4v) is 9.78. The third-order valence-electron chi connectivity index (χ3n) is 13.5. The summed E-state index contributed by atoms with van der Waals surface area (Å²) < 4.78 is 4.69. The Morgan fingerprint density at radius 3 is 1.79 bits per heavy atom. The first-order valence-electron chi connectivity index (χ1n) is 23.5. The zero-order valence-corrected chi connectivity index (χ0v) is 43.3. The molecule has 0 aliphatic carbocycles. The molecule has 0 radical (unpaired) electrons. The molecule has 7 aromatic carbocycles. The molecular weight excluding hydrogens is 1010 g/mol. The molecule has 1 N–H and O–H groups in total. The van der Waals surface area contributed by atoms with Gasteiger partial charge in [-0.3, -0.25) is 9.55 Å². The summed E-state index contributed by atoms with van der Waals surface area (Å²) in [4.78, 5) is 10.7. The predicted molar refractivity (Wildman–Crippen MR) is 281 cm³/mol. The average Bonchev–Trinajstić information content (AvgIpc) is 3.84. The summed E-state index contributed by atoms with van der Waals surface area (Å²) in [5.41, 5.74) is 17.8. The van der Waals surface area contributed by atoms with Crippen LogP contribution in [0.15, 0.2) is 152 Å². The van der Waals surface area contributed by atoms with Crippen LogP contribution >= 0.6 is 0 Å². The van der Waals surface area contributed by atoms with Crippen molar-refractivity contribution in [2.24, 2.45) is 0 Å². The van der Waals surface area contributed by atoms with Crippen molar-refractivity contribution < 1.29 is 26.2 Å². The predicted octanol–water partition coefficient (Wildman–Crippen LogP) is 16.2. The minimum atomic E-state index is -0.343. The molecule has 0 spiro atoms. The third kappa shape index (κ3) is 8.09. The molecule has 0 bridgehead atoms. The maximum absolute atomic E-state index is 12.7. The molecule has 0 atom stereocenters. The van der Waals surface area contributed by atoms with Gasteiger partial charge in [-0.2, -0.15) is 0 Å². The molecule has 0 amide bonds. The van der Waals surface area contributed by atoms with Gasteiger partial charge in [0.15, 0.2) is 0 Å². The summed E-state index contributed by atoms with van der Waals surface area (Å²) in [5, 5.41) is 14.6. The second-order valence-electron chi connectivity index (χ2n) is 21.4. The summed E-state index contributed by atoms with van der Waals surface area (Å²) in [6.45, 7) is 24.4. The molecule has 0 unspecified atom stereocenters. The molecule has 0 fully saturated rings. The van der Waals surface area contributed by atoms with Crippen LogP contribution in [-0.4, -0.2) is 24.2 Å². The van der Waals surface area contributed by atoms with Crippen molar-refractivity contribution in [1.29, 1.82) is 0 Å². The number of aromatic nitrogens is 4. The van der Waals surface area contributed by atoms with E-state index in [0.717, 1.165) is 88.9 Å². The fourth-order valence-electron chi connectivity index (χ4n) is 9.78. The SMILES string of the molecule is Cc1cccc(C)c1-n1c2ccc(-c3cc(-c4ccccc4)ccn3)[c-]c2c2c3nc(-c4cc(C(C)(C)C)cc(C(C)(C)C)c4O)n(-c4ccc(C(C)(C)C)cc4-c4ccccc4)c3ccc21.[Pt]. The Labute approximate surface area is 415 Å². The normalized spacial score (nSPS) is 12.3. The van der Waals surface area contributed by atoms with Crippen molar-refractivity contribution in [2.75, 3.05) is 0 Å². The topological polar surface area (TPSA) is 55.9 Å². The number of rotatable bonds is 6. The number of benzene rings is 7. The summed E-state index contributed by atoms with van der Waals surface area (Å²) >= 11 is 0. The molecule has 10 aromatic rings. The van der Waals surface area contributed by atoms with Gasteiger partial charge in [-0.15, -0.1) is 18.2 Å². The van der Waals surface area contributed by atoms with Gasteiger partial charge in [0.2, 0.25) is 0 Å². The number of nitrogens with zero attached hydrogens (tertiary/aromatic N) is 4. The molecule has 344 valence electrons. The van der Waals surface area contributed by atoms with E-state index in [0.29, 0.717) is 11.4 Å². The summed E-state index contributed by atoms with van der Waals surface area (Å²) in [5.74, 6) is 0.927. The second-order valence-corrected chi connectivity index (χ2v) is 21.4. The van der Waals surface area contributed by atoms with Gasteiger partial charge in [0.25, 0.3) is 0 Å². The van der Waals surface area contributed by atoms with Gasteiger partial charge in [-0.1, -0.05) is 170 Å². The van der Waals surface area contributed by atoms with E-state index in [9.17, 15) is 5.11 Å². The van der Waals surface area contributed by atoms with E-state index in [1.807, 2.05) is 12.3 Å². The molecule has 0 saturated heterocycles. The van der Waals surface area contributed by atoms with Crippen LogP contribution < -0.4 is 0 Å². The zero-order chi connectivity index (χ0) is 47.2. The first-order chi connectivity index (χ1) is 31.9. The zero-order valence-electron chi connectivity index (χ0n) is 41.0. The summed E-state index contributed by atoms with van der Waals surface area (Å²) in [6, 6.07) is 55.8. The smallest absolute Gasteiger partial charge is 0.148 e. The average molecular weight is 1070 g/mol. The quantitative estimate of drug-likeness (QED) is 0.169. The van der Waals surface area contributed by atoms with Crippen molar-refractivity contribution in [3.8, 4) is 62.0 Å². The maximum atomic E-state index is 12.7. The molecule has 3 aromatic heterocycles. The first-order valence-corrected chi connectivity index (χ1v) is 23.5. The Hall–Kier alpha value is -6.55. The number of fused-ring (bicyclic) bond motifs is 5. The molecule has 10 rings (SSSR count). The van der Waals surface area contributed by atoms with E-state index in [1.54, 1.807) is 0 Å². The molecule has 5 nitrogen and oxygen atoms in total. The van der Waals surface area contributed by atoms with Gasteiger partial charge in [0.05, 0.1) is 22.3 Å². The monoisotopic (exact) mass is 1070 g/mol. The molecular formula is C62H59N4OPt-. The van der Waals surface area contributed by atoms with E-state index in [-0.39, 0.29) is 43.1 Å². The Morgan fingerprint density at radius 1 is 0.529 bits per heavy atom. The number of para-hydroxylation sites is 1. The number of hydrogen-bond donors (Lipinski definition) is 1. The minimum absolute atomic E-state index is 0. The van der Waals surface area contributed by atoms with Gasteiger partial charge < -0.3 is 9.67 Å². The summed E-state index contributed by atoms with van der Waals surface area (Å²) in [7, 11) is 0. The second kappa shape index (κ2) is 17.2. The summed E-state index contributed by atoms with van der Waals surface area (Å²) in [6.07, 6.45) is 1.89. The van der Waals surface area contributed by atoms with Gasteiger partial charge in [-0.25, -0.2) is 4.98 Å². The first kappa shape index (κ1) is 46.6. The number of pyridine rings is 1. The molecule has 68 heavy (non-hydrogen) atoms. The van der Waals surface area contributed by atoms with Crippen LogP contribution in [0.4, 0.5) is 0 Å². The number of phenolic OH excluding ortho intramolecular Hbond substituents is 1. The van der Waals surface area contributed by atoms with Crippen LogP contribution in [0.3, 0.4) is 0 Å². The fraction of sp³-hybridized carbons (Fsp3) is 0.226. The van der Waals surface area contributed by atoms with Crippen LogP contribution in [0, 0.1) is 19.9 Å². The molecule has 0 saturated carbocycles. The number of aromatic hydroxyl groups is 1. The van der Waals surface area contributed by atoms with Crippen LogP contribution in [0.2, 0.25) is 0 Å². The van der Waals surface area contributed by atoms with Gasteiger partial charge >= 0.3 is 0 Å². The maximum Gasteiger partial charge on any atom is 0.148 e. The van der Waals surface area contributed by atoms with E-state index < -0.39 is 0 Å². The van der Waals surface area contributed by atoms with E-state index in [4.69, 9.17) is 9.97 Å².